The Labute approximate surface area is 92.4 Å². The lowest BCUT2D eigenvalue weighted by Crippen LogP contribution is -1.78. The summed E-state index contributed by atoms with van der Waals surface area (Å²) in [7, 11) is 0. The van der Waals surface area contributed by atoms with Crippen molar-refractivity contribution < 1.29 is 0 Å². The highest BCUT2D eigenvalue weighted by Gasteiger charge is 2.03. The predicted molar refractivity (Wildman–Crippen MR) is 68.6 cm³/mol. The molecule has 82 valence electrons. The standard InChI is InChI=1S/C11H14N2.C2H6/c1-5-8(3)7-11-10(6-2)9(4)12-13-11;1-2/h5-7H,1-2H2,3-4H3,(H,12,13);1-2H3/b8-7-;. The molecule has 2 heteroatoms. The molecule has 0 aliphatic carbocycles. The third-order valence-corrected chi connectivity index (χ3v) is 1.91. The Hall–Kier alpha value is -1.57. The number of aromatic amines is 1. The molecule has 2 nitrogen and oxygen atoms in total. The Morgan fingerprint density at radius 3 is 2.40 bits per heavy atom. The molecule has 1 N–H and O–H groups in total. The highest BCUT2D eigenvalue weighted by atomic mass is 15.1. The topological polar surface area (TPSA) is 28.7 Å². The van der Waals surface area contributed by atoms with Crippen molar-refractivity contribution in [1.82, 2.24) is 10.2 Å². The summed E-state index contributed by atoms with van der Waals surface area (Å²) >= 11 is 0. The van der Waals surface area contributed by atoms with Crippen LogP contribution in [0.2, 0.25) is 0 Å². The Balaban J connectivity index is 0.000000921. The zero-order valence-electron chi connectivity index (χ0n) is 10.1. The molecule has 0 saturated carbocycles. The highest BCUT2D eigenvalue weighted by molar-refractivity contribution is 5.65. The van der Waals surface area contributed by atoms with Gasteiger partial charge in [0.25, 0.3) is 0 Å². The highest BCUT2D eigenvalue weighted by Crippen LogP contribution is 2.15. The van der Waals surface area contributed by atoms with Gasteiger partial charge in [-0.15, -0.1) is 0 Å². The van der Waals surface area contributed by atoms with Crippen molar-refractivity contribution in [3.63, 3.8) is 0 Å². The average Bonchev–Trinajstić information content (AvgIpc) is 2.62. The maximum Gasteiger partial charge on any atom is 0.0926 e. The van der Waals surface area contributed by atoms with Gasteiger partial charge in [0.15, 0.2) is 0 Å². The van der Waals surface area contributed by atoms with Crippen molar-refractivity contribution >= 4 is 12.2 Å². The summed E-state index contributed by atoms with van der Waals surface area (Å²) < 4.78 is 0. The van der Waals surface area contributed by atoms with Gasteiger partial charge in [0.2, 0.25) is 0 Å². The minimum atomic E-state index is 0.921. The molecule has 1 aromatic heterocycles. The zero-order valence-corrected chi connectivity index (χ0v) is 10.1. The van der Waals surface area contributed by atoms with Crippen LogP contribution in [-0.4, -0.2) is 10.2 Å². The average molecular weight is 204 g/mol. The molecule has 0 aliphatic heterocycles. The van der Waals surface area contributed by atoms with Crippen LogP contribution in [0, 0.1) is 6.92 Å². The van der Waals surface area contributed by atoms with Crippen LogP contribution in [0.3, 0.4) is 0 Å². The van der Waals surface area contributed by atoms with Crippen molar-refractivity contribution in [2.75, 3.05) is 0 Å². The molecule has 0 aromatic carbocycles. The summed E-state index contributed by atoms with van der Waals surface area (Å²) in [5, 5.41) is 7.07. The summed E-state index contributed by atoms with van der Waals surface area (Å²) in [6.45, 7) is 15.4. The van der Waals surface area contributed by atoms with E-state index in [2.05, 4.69) is 23.4 Å². The monoisotopic (exact) mass is 204 g/mol. The normalized spacial score (nSPS) is 10.3. The van der Waals surface area contributed by atoms with E-state index in [-0.39, 0.29) is 0 Å². The molecule has 15 heavy (non-hydrogen) atoms. The number of nitrogens with one attached hydrogen (secondary N) is 1. The van der Waals surface area contributed by atoms with Crippen LogP contribution in [0.25, 0.3) is 12.2 Å². The molecule has 0 amide bonds. The van der Waals surface area contributed by atoms with Crippen LogP contribution < -0.4 is 0 Å². The number of hydrogen-bond donors (Lipinski definition) is 1. The van der Waals surface area contributed by atoms with E-state index >= 15 is 0 Å². The Morgan fingerprint density at radius 1 is 1.33 bits per heavy atom. The van der Waals surface area contributed by atoms with E-state index in [1.165, 1.54) is 0 Å². The maximum absolute atomic E-state index is 4.15. The number of nitrogens with zero attached hydrogens (tertiary/aromatic N) is 1. The van der Waals surface area contributed by atoms with E-state index in [1.807, 2.05) is 33.8 Å². The first-order chi connectivity index (χ1) is 7.19. The van der Waals surface area contributed by atoms with E-state index in [0.29, 0.717) is 0 Å². The van der Waals surface area contributed by atoms with Gasteiger partial charge in [-0.1, -0.05) is 39.2 Å². The molecule has 0 radical (unpaired) electrons. The molecule has 1 aromatic rings. The summed E-state index contributed by atoms with van der Waals surface area (Å²) in [6.07, 6.45) is 5.59. The van der Waals surface area contributed by atoms with Gasteiger partial charge in [0.1, 0.15) is 0 Å². The van der Waals surface area contributed by atoms with E-state index < -0.39 is 0 Å². The lowest BCUT2D eigenvalue weighted by atomic mass is 10.1. The molecule has 0 saturated heterocycles. The molecule has 1 heterocycles. The summed E-state index contributed by atoms with van der Waals surface area (Å²) in [6, 6.07) is 0. The fourth-order valence-electron chi connectivity index (χ4n) is 1.10. The minimum Gasteiger partial charge on any atom is -0.282 e. The third-order valence-electron chi connectivity index (χ3n) is 1.91. The lowest BCUT2D eigenvalue weighted by Gasteiger charge is -1.92. The third kappa shape index (κ3) is 3.58. The van der Waals surface area contributed by atoms with Crippen LogP contribution in [0.5, 0.6) is 0 Å². The molecule has 0 unspecified atom stereocenters. The number of hydrogen-bond acceptors (Lipinski definition) is 1. The maximum atomic E-state index is 4.15. The van der Waals surface area contributed by atoms with Gasteiger partial charge in [0.05, 0.1) is 5.69 Å². The van der Waals surface area contributed by atoms with E-state index in [1.54, 1.807) is 12.2 Å². The SMILES string of the molecule is C=C/C(C)=C\c1n[nH]c(C)c1C=C.CC. The number of H-pyrrole nitrogens is 1. The van der Waals surface area contributed by atoms with Gasteiger partial charge in [0, 0.05) is 11.3 Å². The van der Waals surface area contributed by atoms with Crippen LogP contribution in [0.1, 0.15) is 37.7 Å². The van der Waals surface area contributed by atoms with Crippen molar-refractivity contribution in [2.45, 2.75) is 27.7 Å². The quantitative estimate of drug-likeness (QED) is 0.741. The largest absolute Gasteiger partial charge is 0.282 e. The second-order valence-corrected chi connectivity index (χ2v) is 2.94. The van der Waals surface area contributed by atoms with Gasteiger partial charge in [-0.05, 0) is 25.5 Å². The molecule has 0 fully saturated rings. The van der Waals surface area contributed by atoms with Crippen LogP contribution >= 0.6 is 0 Å². The van der Waals surface area contributed by atoms with Gasteiger partial charge in [-0.25, -0.2) is 0 Å². The van der Waals surface area contributed by atoms with E-state index in [0.717, 1.165) is 22.5 Å². The minimum absolute atomic E-state index is 0.921. The molecule has 0 aliphatic rings. The summed E-state index contributed by atoms with van der Waals surface area (Å²) in [4.78, 5) is 0. The Morgan fingerprint density at radius 2 is 1.93 bits per heavy atom. The zero-order chi connectivity index (χ0) is 11.8. The van der Waals surface area contributed by atoms with E-state index in [4.69, 9.17) is 0 Å². The second-order valence-electron chi connectivity index (χ2n) is 2.94. The van der Waals surface area contributed by atoms with Crippen LogP contribution in [-0.2, 0) is 0 Å². The second kappa shape index (κ2) is 6.82. The number of aryl methyl sites for hydroxylation is 1. The molecule has 0 spiro atoms. The van der Waals surface area contributed by atoms with Crippen molar-refractivity contribution in [1.29, 1.82) is 0 Å². The Bertz CT molecular complexity index is 357. The van der Waals surface area contributed by atoms with Gasteiger partial charge in [-0.2, -0.15) is 5.10 Å². The number of rotatable bonds is 3. The Kier molecular flexibility index (Phi) is 6.11. The lowest BCUT2D eigenvalue weighted by molar-refractivity contribution is 1.04. The molecular formula is C13H20N2. The van der Waals surface area contributed by atoms with Gasteiger partial charge < -0.3 is 0 Å². The molecule has 1 rings (SSSR count). The fraction of sp³-hybridized carbons (Fsp3) is 0.308. The van der Waals surface area contributed by atoms with E-state index in [9.17, 15) is 0 Å². The fourth-order valence-corrected chi connectivity index (χ4v) is 1.10. The first-order valence-electron chi connectivity index (χ1n) is 5.17. The van der Waals surface area contributed by atoms with Crippen LogP contribution in [0.15, 0.2) is 24.8 Å². The van der Waals surface area contributed by atoms with Crippen molar-refractivity contribution in [2.24, 2.45) is 0 Å². The number of allylic oxidation sites excluding steroid dienone is 2. The molecular weight excluding hydrogens is 184 g/mol. The molecule has 0 bridgehead atoms. The van der Waals surface area contributed by atoms with Gasteiger partial charge >= 0.3 is 0 Å². The van der Waals surface area contributed by atoms with Crippen molar-refractivity contribution in [3.8, 4) is 0 Å². The van der Waals surface area contributed by atoms with Gasteiger partial charge in [-0.3, -0.25) is 5.10 Å². The number of aromatic nitrogens is 2. The van der Waals surface area contributed by atoms with Crippen LogP contribution in [0.4, 0.5) is 0 Å². The molecule has 0 atom stereocenters. The first kappa shape index (κ1) is 13.4. The predicted octanol–water partition coefficient (Wildman–Crippen LogP) is 3.98. The summed E-state index contributed by atoms with van der Waals surface area (Å²) in [5.74, 6) is 0. The smallest absolute Gasteiger partial charge is 0.0926 e. The first-order valence-corrected chi connectivity index (χ1v) is 5.17. The van der Waals surface area contributed by atoms with Crippen molar-refractivity contribution in [3.05, 3.63) is 41.8 Å². The summed E-state index contributed by atoms with van der Waals surface area (Å²) in [5.41, 5.74) is 4.11.